The Hall–Kier alpha value is -0.640. The van der Waals surface area contributed by atoms with Gasteiger partial charge in [0.1, 0.15) is 5.82 Å². The summed E-state index contributed by atoms with van der Waals surface area (Å²) in [6, 6.07) is 3.51. The van der Waals surface area contributed by atoms with E-state index in [0.717, 1.165) is 37.3 Å². The molecular formula is C17H24ClFN2. The zero-order chi connectivity index (χ0) is 14.8. The van der Waals surface area contributed by atoms with Gasteiger partial charge in [0.15, 0.2) is 0 Å². The van der Waals surface area contributed by atoms with Crippen molar-refractivity contribution in [3.63, 3.8) is 0 Å². The van der Waals surface area contributed by atoms with Crippen molar-refractivity contribution in [2.75, 3.05) is 26.2 Å². The van der Waals surface area contributed by atoms with Gasteiger partial charge in [-0.2, -0.15) is 0 Å². The molecule has 21 heavy (non-hydrogen) atoms. The highest BCUT2D eigenvalue weighted by Gasteiger charge is 2.35. The molecule has 1 saturated carbocycles. The van der Waals surface area contributed by atoms with Crippen LogP contribution in [0.5, 0.6) is 0 Å². The van der Waals surface area contributed by atoms with Gasteiger partial charge >= 0.3 is 0 Å². The van der Waals surface area contributed by atoms with Crippen LogP contribution in [-0.4, -0.2) is 31.1 Å². The molecule has 2 aliphatic rings. The van der Waals surface area contributed by atoms with Crippen molar-refractivity contribution in [1.29, 1.82) is 0 Å². The number of rotatable bonds is 3. The number of hydrogen-bond donors (Lipinski definition) is 1. The molecule has 0 aromatic heterocycles. The molecule has 1 aromatic rings. The van der Waals surface area contributed by atoms with E-state index in [1.807, 2.05) is 6.92 Å². The van der Waals surface area contributed by atoms with E-state index in [9.17, 15) is 4.39 Å². The maximum absolute atomic E-state index is 14.6. The van der Waals surface area contributed by atoms with Crippen molar-refractivity contribution in [1.82, 2.24) is 10.2 Å². The van der Waals surface area contributed by atoms with Gasteiger partial charge in [0.25, 0.3) is 0 Å². The molecule has 2 fully saturated rings. The van der Waals surface area contributed by atoms with Gasteiger partial charge < -0.3 is 5.32 Å². The smallest absolute Gasteiger partial charge is 0.129 e. The first kappa shape index (κ1) is 15.3. The number of benzene rings is 1. The van der Waals surface area contributed by atoms with Gasteiger partial charge in [-0.3, -0.25) is 4.90 Å². The second-order valence-corrected chi connectivity index (χ2v) is 6.75. The summed E-state index contributed by atoms with van der Waals surface area (Å²) in [5.74, 6) is 0.401. The molecule has 0 radical (unpaired) electrons. The lowest BCUT2D eigenvalue weighted by Crippen LogP contribution is -2.47. The lowest BCUT2D eigenvalue weighted by Gasteiger charge is -2.39. The average molecular weight is 311 g/mol. The summed E-state index contributed by atoms with van der Waals surface area (Å²) in [6.45, 7) is 5.88. The molecule has 0 bridgehead atoms. The normalized spacial score (nSPS) is 22.6. The molecule has 1 aliphatic heterocycles. The average Bonchev–Trinajstić information content (AvgIpc) is 3.02. The minimum Gasteiger partial charge on any atom is -0.314 e. The van der Waals surface area contributed by atoms with Gasteiger partial charge in [-0.1, -0.05) is 30.5 Å². The van der Waals surface area contributed by atoms with Gasteiger partial charge in [0, 0.05) is 37.8 Å². The quantitative estimate of drug-likeness (QED) is 0.910. The van der Waals surface area contributed by atoms with E-state index in [2.05, 4.69) is 10.2 Å². The molecule has 3 rings (SSSR count). The van der Waals surface area contributed by atoms with Crippen molar-refractivity contribution >= 4 is 11.6 Å². The summed E-state index contributed by atoms with van der Waals surface area (Å²) in [7, 11) is 0. The van der Waals surface area contributed by atoms with E-state index in [1.54, 1.807) is 12.1 Å². The highest BCUT2D eigenvalue weighted by Crippen LogP contribution is 2.43. The summed E-state index contributed by atoms with van der Waals surface area (Å²) in [5, 5.41) is 4.01. The van der Waals surface area contributed by atoms with Gasteiger partial charge in [-0.15, -0.1) is 0 Å². The van der Waals surface area contributed by atoms with Gasteiger partial charge in [-0.05, 0) is 37.3 Å². The number of aryl methyl sites for hydroxylation is 1. The minimum absolute atomic E-state index is 0.138. The molecule has 0 spiro atoms. The Bertz CT molecular complexity index is 494. The number of nitrogens with one attached hydrogen (secondary N) is 1. The molecule has 0 amide bonds. The Morgan fingerprint density at radius 2 is 1.90 bits per heavy atom. The first-order chi connectivity index (χ1) is 10.2. The third kappa shape index (κ3) is 3.10. The highest BCUT2D eigenvalue weighted by molar-refractivity contribution is 6.32. The summed E-state index contributed by atoms with van der Waals surface area (Å²) in [4.78, 5) is 2.44. The Kier molecular flexibility index (Phi) is 4.82. The molecule has 1 N–H and O–H groups in total. The highest BCUT2D eigenvalue weighted by atomic mass is 35.5. The lowest BCUT2D eigenvalue weighted by atomic mass is 9.88. The summed E-state index contributed by atoms with van der Waals surface area (Å²) in [6.07, 6.45) is 4.91. The van der Waals surface area contributed by atoms with Crippen LogP contribution in [0, 0.1) is 18.7 Å². The number of piperazine rings is 1. The van der Waals surface area contributed by atoms with Gasteiger partial charge in [0.2, 0.25) is 0 Å². The van der Waals surface area contributed by atoms with Crippen LogP contribution in [0.25, 0.3) is 0 Å². The van der Waals surface area contributed by atoms with E-state index >= 15 is 0 Å². The standard InChI is InChI=1S/C17H24ClFN2/c1-12-6-7-14(19)15(16(12)18)17(13-4-2-3-5-13)21-10-8-20-9-11-21/h6-7,13,17,20H,2-5,8-11H2,1H3/t17-/m1/s1. The van der Waals surface area contributed by atoms with Crippen LogP contribution < -0.4 is 5.32 Å². The Morgan fingerprint density at radius 3 is 2.57 bits per heavy atom. The number of hydrogen-bond acceptors (Lipinski definition) is 2. The van der Waals surface area contributed by atoms with Crippen LogP contribution in [-0.2, 0) is 0 Å². The fraction of sp³-hybridized carbons (Fsp3) is 0.647. The van der Waals surface area contributed by atoms with Crippen LogP contribution in [0.2, 0.25) is 5.02 Å². The van der Waals surface area contributed by atoms with Crippen LogP contribution in [0.4, 0.5) is 4.39 Å². The van der Waals surface area contributed by atoms with Crippen molar-refractivity contribution in [2.24, 2.45) is 5.92 Å². The molecule has 1 atom stereocenters. The molecule has 1 aliphatic carbocycles. The van der Waals surface area contributed by atoms with Gasteiger partial charge in [0.05, 0.1) is 5.02 Å². The predicted molar refractivity (Wildman–Crippen MR) is 85.3 cm³/mol. The largest absolute Gasteiger partial charge is 0.314 e. The Labute approximate surface area is 131 Å². The second kappa shape index (κ2) is 6.64. The molecule has 0 unspecified atom stereocenters. The lowest BCUT2D eigenvalue weighted by molar-refractivity contribution is 0.122. The molecule has 4 heteroatoms. The second-order valence-electron chi connectivity index (χ2n) is 6.37. The SMILES string of the molecule is Cc1ccc(F)c([C@@H](C2CCCC2)N2CCNCC2)c1Cl. The van der Waals surface area contributed by atoms with E-state index in [1.165, 1.54) is 25.7 Å². The summed E-state index contributed by atoms with van der Waals surface area (Å²) in [5.41, 5.74) is 1.72. The Balaban J connectivity index is 1.99. The fourth-order valence-corrected chi connectivity index (χ4v) is 4.16. The van der Waals surface area contributed by atoms with Crippen molar-refractivity contribution in [3.8, 4) is 0 Å². The van der Waals surface area contributed by atoms with Gasteiger partial charge in [-0.25, -0.2) is 4.39 Å². The topological polar surface area (TPSA) is 15.3 Å². The van der Waals surface area contributed by atoms with Crippen molar-refractivity contribution in [3.05, 3.63) is 34.1 Å². The minimum atomic E-state index is -0.138. The van der Waals surface area contributed by atoms with E-state index in [4.69, 9.17) is 11.6 Å². The maximum atomic E-state index is 14.6. The van der Waals surface area contributed by atoms with Crippen molar-refractivity contribution < 1.29 is 4.39 Å². The van der Waals surface area contributed by atoms with E-state index < -0.39 is 0 Å². The molecule has 1 heterocycles. The van der Waals surface area contributed by atoms with Crippen LogP contribution >= 0.6 is 11.6 Å². The van der Waals surface area contributed by atoms with Crippen LogP contribution in [0.15, 0.2) is 12.1 Å². The molecule has 116 valence electrons. The predicted octanol–water partition coefficient (Wildman–Crippen LogP) is 3.92. The zero-order valence-corrected chi connectivity index (χ0v) is 13.4. The summed E-state index contributed by atoms with van der Waals surface area (Å²) < 4.78 is 14.6. The monoisotopic (exact) mass is 310 g/mol. The third-order valence-corrected chi connectivity index (χ3v) is 5.51. The molecule has 1 saturated heterocycles. The van der Waals surface area contributed by atoms with E-state index in [0.29, 0.717) is 10.9 Å². The first-order valence-electron chi connectivity index (χ1n) is 8.07. The first-order valence-corrected chi connectivity index (χ1v) is 8.45. The van der Waals surface area contributed by atoms with Crippen LogP contribution in [0.1, 0.15) is 42.9 Å². The molecular weight excluding hydrogens is 287 g/mol. The Morgan fingerprint density at radius 1 is 1.24 bits per heavy atom. The number of nitrogens with zero attached hydrogens (tertiary/aromatic N) is 1. The van der Waals surface area contributed by atoms with Crippen molar-refractivity contribution in [2.45, 2.75) is 38.6 Å². The molecule has 1 aromatic carbocycles. The van der Waals surface area contributed by atoms with Crippen LogP contribution in [0.3, 0.4) is 0 Å². The third-order valence-electron chi connectivity index (χ3n) is 5.01. The maximum Gasteiger partial charge on any atom is 0.129 e. The molecule has 2 nitrogen and oxygen atoms in total. The fourth-order valence-electron chi connectivity index (χ4n) is 3.90. The summed E-state index contributed by atoms with van der Waals surface area (Å²) >= 11 is 6.51. The number of halogens is 2. The zero-order valence-electron chi connectivity index (χ0n) is 12.7. The van der Waals surface area contributed by atoms with E-state index in [-0.39, 0.29) is 11.9 Å².